The number of rotatable bonds is 0. The highest BCUT2D eigenvalue weighted by molar-refractivity contribution is 5.82. The van der Waals surface area contributed by atoms with Crippen molar-refractivity contribution < 1.29 is 19.0 Å². The van der Waals surface area contributed by atoms with Crippen molar-refractivity contribution in [3.63, 3.8) is 0 Å². The fraction of sp³-hybridized carbons (Fsp3) is 0.842. The Morgan fingerprint density at radius 3 is 2.26 bits per heavy atom. The van der Waals surface area contributed by atoms with Gasteiger partial charge in [0.15, 0.2) is 5.79 Å². The van der Waals surface area contributed by atoms with Gasteiger partial charge in [-0.2, -0.15) is 0 Å². The van der Waals surface area contributed by atoms with Crippen LogP contribution >= 0.6 is 0 Å². The van der Waals surface area contributed by atoms with Crippen LogP contribution in [-0.2, 0) is 19.0 Å². The van der Waals surface area contributed by atoms with Crippen molar-refractivity contribution >= 4 is 5.97 Å². The molecule has 0 unspecified atom stereocenters. The molecule has 0 aromatic heterocycles. The van der Waals surface area contributed by atoms with Gasteiger partial charge in [0.2, 0.25) is 0 Å². The lowest BCUT2D eigenvalue weighted by atomic mass is 10.0. The van der Waals surface area contributed by atoms with Gasteiger partial charge in [0.05, 0.1) is 12.2 Å². The zero-order valence-electron chi connectivity index (χ0n) is 14.9. The van der Waals surface area contributed by atoms with E-state index in [9.17, 15) is 4.79 Å². The minimum atomic E-state index is -0.584. The van der Waals surface area contributed by atoms with Gasteiger partial charge in [-0.05, 0) is 46.1 Å². The van der Waals surface area contributed by atoms with Crippen LogP contribution in [0.3, 0.4) is 0 Å². The maximum atomic E-state index is 11.9. The summed E-state index contributed by atoms with van der Waals surface area (Å²) in [7, 11) is 0. The van der Waals surface area contributed by atoms with Crippen molar-refractivity contribution in [2.45, 2.75) is 103 Å². The first-order chi connectivity index (χ1) is 11.0. The van der Waals surface area contributed by atoms with Crippen LogP contribution in [0.4, 0.5) is 0 Å². The standard InChI is InChI=1S/C19H32O4/c1-15-11-9-7-5-4-6-8-10-12-16-17(13-14-18(20)21-15)23-19(2,3)22-16/h13-17H,4-12H2,1-3H3/b14-13+/t15-,16+,17+/m1/s1. The molecule has 2 aliphatic rings. The monoisotopic (exact) mass is 324 g/mol. The van der Waals surface area contributed by atoms with Crippen molar-refractivity contribution in [1.29, 1.82) is 0 Å². The van der Waals surface area contributed by atoms with Crippen molar-refractivity contribution in [1.82, 2.24) is 0 Å². The largest absolute Gasteiger partial charge is 0.460 e. The maximum Gasteiger partial charge on any atom is 0.330 e. The minimum Gasteiger partial charge on any atom is -0.460 e. The Kier molecular flexibility index (Phi) is 7.09. The summed E-state index contributed by atoms with van der Waals surface area (Å²) >= 11 is 0. The van der Waals surface area contributed by atoms with Crippen molar-refractivity contribution in [2.75, 3.05) is 0 Å². The lowest BCUT2D eigenvalue weighted by Gasteiger charge is -2.16. The maximum absolute atomic E-state index is 11.9. The molecule has 4 nitrogen and oxygen atoms in total. The van der Waals surface area contributed by atoms with E-state index in [0.717, 1.165) is 25.7 Å². The third-order valence-corrected chi connectivity index (χ3v) is 4.56. The lowest BCUT2D eigenvalue weighted by molar-refractivity contribution is -0.145. The molecule has 23 heavy (non-hydrogen) atoms. The van der Waals surface area contributed by atoms with Crippen LogP contribution in [-0.4, -0.2) is 30.1 Å². The Balaban J connectivity index is 1.97. The molecule has 0 aromatic rings. The molecule has 2 heterocycles. The molecule has 4 heteroatoms. The fourth-order valence-electron chi connectivity index (χ4n) is 3.38. The highest BCUT2D eigenvalue weighted by atomic mass is 16.7. The van der Waals surface area contributed by atoms with E-state index in [1.54, 1.807) is 6.08 Å². The second-order valence-corrected chi connectivity index (χ2v) is 7.30. The predicted octanol–water partition coefficient (Wildman–Crippen LogP) is 4.52. The van der Waals surface area contributed by atoms with Crippen molar-refractivity contribution in [2.24, 2.45) is 0 Å². The molecule has 0 N–H and O–H groups in total. The van der Waals surface area contributed by atoms with E-state index in [1.807, 2.05) is 20.8 Å². The van der Waals surface area contributed by atoms with E-state index in [0.29, 0.717) is 0 Å². The van der Waals surface area contributed by atoms with E-state index >= 15 is 0 Å². The molecule has 3 atom stereocenters. The first-order valence-corrected chi connectivity index (χ1v) is 9.21. The molecule has 1 fully saturated rings. The predicted molar refractivity (Wildman–Crippen MR) is 90.1 cm³/mol. The van der Waals surface area contributed by atoms with Gasteiger partial charge in [-0.1, -0.05) is 38.5 Å². The average Bonchev–Trinajstić information content (AvgIpc) is 2.76. The van der Waals surface area contributed by atoms with E-state index in [-0.39, 0.29) is 24.3 Å². The molecule has 0 saturated carbocycles. The highest BCUT2D eigenvalue weighted by Crippen LogP contribution is 2.32. The Hall–Kier alpha value is -0.870. The molecule has 0 radical (unpaired) electrons. The average molecular weight is 324 g/mol. The van der Waals surface area contributed by atoms with Crippen LogP contribution in [0.5, 0.6) is 0 Å². The zero-order valence-corrected chi connectivity index (χ0v) is 14.9. The van der Waals surface area contributed by atoms with Gasteiger partial charge in [-0.3, -0.25) is 0 Å². The Bertz CT molecular complexity index is 402. The molecule has 0 bridgehead atoms. The first-order valence-electron chi connectivity index (χ1n) is 9.21. The Labute approximate surface area is 140 Å². The molecule has 2 rings (SSSR count). The van der Waals surface area contributed by atoms with Gasteiger partial charge in [-0.25, -0.2) is 4.79 Å². The summed E-state index contributed by atoms with van der Waals surface area (Å²) < 4.78 is 17.3. The van der Waals surface area contributed by atoms with E-state index < -0.39 is 5.79 Å². The number of esters is 1. The molecule has 0 aliphatic carbocycles. The summed E-state index contributed by atoms with van der Waals surface area (Å²) in [4.78, 5) is 11.9. The SMILES string of the molecule is C[C@@H]1CCCCCCCCC[C@@H]2OC(C)(C)O[C@H]2/C=C/C(=O)O1. The summed E-state index contributed by atoms with van der Waals surface area (Å²) in [6.45, 7) is 5.82. The second-order valence-electron chi connectivity index (χ2n) is 7.30. The number of fused-ring (bicyclic) bond motifs is 1. The van der Waals surface area contributed by atoms with Gasteiger partial charge >= 0.3 is 5.97 Å². The molecular formula is C19H32O4. The number of ether oxygens (including phenoxy) is 3. The molecular weight excluding hydrogens is 292 g/mol. The summed E-state index contributed by atoms with van der Waals surface area (Å²) in [5.74, 6) is -0.864. The third kappa shape index (κ3) is 6.64. The quantitative estimate of drug-likeness (QED) is 0.615. The highest BCUT2D eigenvalue weighted by Gasteiger charge is 2.39. The normalized spacial score (nSPS) is 35.3. The topological polar surface area (TPSA) is 44.8 Å². The number of carbonyl (C=O) groups excluding carboxylic acids is 1. The van der Waals surface area contributed by atoms with Crippen molar-refractivity contribution in [3.05, 3.63) is 12.2 Å². The van der Waals surface area contributed by atoms with Gasteiger partial charge < -0.3 is 14.2 Å². The van der Waals surface area contributed by atoms with Crippen LogP contribution in [0.1, 0.15) is 78.6 Å². The third-order valence-electron chi connectivity index (χ3n) is 4.56. The molecule has 0 spiro atoms. The second kappa shape index (κ2) is 8.84. The van der Waals surface area contributed by atoms with E-state index in [1.165, 1.54) is 38.2 Å². The van der Waals surface area contributed by atoms with E-state index in [2.05, 4.69) is 0 Å². The van der Waals surface area contributed by atoms with Crippen LogP contribution < -0.4 is 0 Å². The lowest BCUT2D eigenvalue weighted by Crippen LogP contribution is -2.21. The number of cyclic esters (lactones) is 1. The number of hydrogen-bond acceptors (Lipinski definition) is 4. The molecule has 2 aliphatic heterocycles. The van der Waals surface area contributed by atoms with Crippen LogP contribution in [0.25, 0.3) is 0 Å². The molecule has 1 saturated heterocycles. The van der Waals surface area contributed by atoms with Crippen LogP contribution in [0.2, 0.25) is 0 Å². The summed E-state index contributed by atoms with van der Waals surface area (Å²) in [5.41, 5.74) is 0. The first kappa shape index (κ1) is 18.5. The fourth-order valence-corrected chi connectivity index (χ4v) is 3.38. The minimum absolute atomic E-state index is 0.0203. The van der Waals surface area contributed by atoms with Gasteiger partial charge in [0.1, 0.15) is 6.10 Å². The van der Waals surface area contributed by atoms with Crippen LogP contribution in [0, 0.1) is 0 Å². The summed E-state index contributed by atoms with van der Waals surface area (Å²) in [6, 6.07) is 0. The van der Waals surface area contributed by atoms with E-state index in [4.69, 9.17) is 14.2 Å². The Morgan fingerprint density at radius 1 is 0.957 bits per heavy atom. The van der Waals surface area contributed by atoms with Crippen molar-refractivity contribution in [3.8, 4) is 0 Å². The summed E-state index contributed by atoms with van der Waals surface area (Å²) in [5, 5.41) is 0. The van der Waals surface area contributed by atoms with Crippen LogP contribution in [0.15, 0.2) is 12.2 Å². The summed E-state index contributed by atoms with van der Waals surface area (Å²) in [6.07, 6.45) is 13.7. The smallest absolute Gasteiger partial charge is 0.330 e. The van der Waals surface area contributed by atoms with Gasteiger partial charge in [0, 0.05) is 6.08 Å². The number of hydrogen-bond donors (Lipinski definition) is 0. The van der Waals surface area contributed by atoms with Gasteiger partial charge in [0.25, 0.3) is 0 Å². The zero-order chi connectivity index (χ0) is 16.7. The Morgan fingerprint density at radius 2 is 1.57 bits per heavy atom. The number of carbonyl (C=O) groups is 1. The molecule has 132 valence electrons. The van der Waals surface area contributed by atoms with Gasteiger partial charge in [-0.15, -0.1) is 0 Å². The molecule has 0 amide bonds. The molecule has 0 aromatic carbocycles.